The summed E-state index contributed by atoms with van der Waals surface area (Å²) >= 11 is 0. The lowest BCUT2D eigenvalue weighted by atomic mass is 9.52. The van der Waals surface area contributed by atoms with E-state index < -0.39 is 11.2 Å². The summed E-state index contributed by atoms with van der Waals surface area (Å²) in [5.74, 6) is 2.75. The molecule has 1 aromatic heterocycles. The molecule has 4 bridgehead atoms. The SMILES string of the molecule is O=C(Cn1ccc(=O)[nH]c1=O)N1CCN(C23CC4CC(CC(C4)C2)C3)CC1. The van der Waals surface area contributed by atoms with Crippen LogP contribution in [0.25, 0.3) is 0 Å². The van der Waals surface area contributed by atoms with Gasteiger partial charge in [0, 0.05) is 44.0 Å². The lowest BCUT2D eigenvalue weighted by Crippen LogP contribution is -2.64. The van der Waals surface area contributed by atoms with Gasteiger partial charge in [-0.1, -0.05) is 0 Å². The summed E-state index contributed by atoms with van der Waals surface area (Å²) in [5.41, 5.74) is -0.560. The first-order valence-corrected chi connectivity index (χ1v) is 10.3. The van der Waals surface area contributed by atoms with Crippen molar-refractivity contribution in [2.45, 2.75) is 50.6 Å². The minimum absolute atomic E-state index is 0.00697. The lowest BCUT2D eigenvalue weighted by Gasteiger charge is -2.61. The number of hydrogen-bond donors (Lipinski definition) is 1. The van der Waals surface area contributed by atoms with Crippen LogP contribution in [0.15, 0.2) is 21.9 Å². The Labute approximate surface area is 158 Å². The molecule has 7 heteroatoms. The van der Waals surface area contributed by atoms with Crippen molar-refractivity contribution in [1.82, 2.24) is 19.4 Å². The zero-order chi connectivity index (χ0) is 18.6. The topological polar surface area (TPSA) is 78.4 Å². The highest BCUT2D eigenvalue weighted by Gasteiger charge is 2.53. The molecule has 1 amide bonds. The number of piperazine rings is 1. The average molecular weight is 372 g/mol. The smallest absolute Gasteiger partial charge is 0.328 e. The van der Waals surface area contributed by atoms with Crippen LogP contribution in [0.4, 0.5) is 0 Å². The third kappa shape index (κ3) is 3.06. The molecule has 2 heterocycles. The van der Waals surface area contributed by atoms with Crippen molar-refractivity contribution in [1.29, 1.82) is 0 Å². The van der Waals surface area contributed by atoms with Gasteiger partial charge in [-0.25, -0.2) is 4.79 Å². The van der Waals surface area contributed by atoms with Gasteiger partial charge in [0.05, 0.1) is 0 Å². The quantitative estimate of drug-likeness (QED) is 0.845. The summed E-state index contributed by atoms with van der Waals surface area (Å²) in [5, 5.41) is 0. The molecule has 0 spiro atoms. The van der Waals surface area contributed by atoms with Gasteiger partial charge in [0.25, 0.3) is 5.56 Å². The third-order valence-electron chi connectivity index (χ3n) is 7.51. The Kier molecular flexibility index (Phi) is 4.04. The Morgan fingerprint density at radius 2 is 1.59 bits per heavy atom. The molecule has 0 atom stereocenters. The molecule has 146 valence electrons. The highest BCUT2D eigenvalue weighted by Crippen LogP contribution is 2.57. The predicted octanol–water partition coefficient (Wildman–Crippen LogP) is 0.650. The van der Waals surface area contributed by atoms with E-state index in [4.69, 9.17) is 0 Å². The second-order valence-corrected chi connectivity index (χ2v) is 9.25. The lowest BCUT2D eigenvalue weighted by molar-refractivity contribution is -0.139. The minimum atomic E-state index is -0.525. The summed E-state index contributed by atoms with van der Waals surface area (Å²) < 4.78 is 1.27. The van der Waals surface area contributed by atoms with Crippen molar-refractivity contribution in [3.8, 4) is 0 Å². The first-order chi connectivity index (χ1) is 13.0. The van der Waals surface area contributed by atoms with Gasteiger partial charge >= 0.3 is 5.69 Å². The molecule has 7 nitrogen and oxygen atoms in total. The highest BCUT2D eigenvalue weighted by molar-refractivity contribution is 5.76. The van der Waals surface area contributed by atoms with Crippen molar-refractivity contribution < 1.29 is 4.79 Å². The highest BCUT2D eigenvalue weighted by atomic mass is 16.2. The zero-order valence-corrected chi connectivity index (χ0v) is 15.7. The number of aromatic nitrogens is 2. The van der Waals surface area contributed by atoms with Crippen LogP contribution in [-0.4, -0.2) is 57.0 Å². The second-order valence-electron chi connectivity index (χ2n) is 9.25. The standard InChI is InChI=1S/C20H28N4O3/c25-17-1-2-23(19(27)21-17)13-18(26)22-3-5-24(6-4-22)20-10-14-7-15(11-20)9-16(8-14)12-20/h1-2,14-16H,3-13H2,(H,21,25,27). The van der Waals surface area contributed by atoms with Gasteiger partial charge in [-0.2, -0.15) is 0 Å². The Morgan fingerprint density at radius 1 is 1.00 bits per heavy atom. The van der Waals surface area contributed by atoms with E-state index in [2.05, 4.69) is 9.88 Å². The van der Waals surface area contributed by atoms with Crippen molar-refractivity contribution in [3.05, 3.63) is 33.1 Å². The van der Waals surface area contributed by atoms with E-state index in [-0.39, 0.29) is 12.5 Å². The number of aromatic amines is 1. The zero-order valence-electron chi connectivity index (χ0n) is 15.7. The summed E-state index contributed by atoms with van der Waals surface area (Å²) in [6.45, 7) is 3.35. The van der Waals surface area contributed by atoms with Crippen LogP contribution in [0, 0.1) is 17.8 Å². The number of amides is 1. The van der Waals surface area contributed by atoms with Gasteiger partial charge in [0.1, 0.15) is 6.54 Å². The summed E-state index contributed by atoms with van der Waals surface area (Å²) in [4.78, 5) is 42.3. The van der Waals surface area contributed by atoms with Gasteiger partial charge < -0.3 is 4.90 Å². The van der Waals surface area contributed by atoms with E-state index in [0.29, 0.717) is 5.54 Å². The van der Waals surface area contributed by atoms with Gasteiger partial charge in [-0.3, -0.25) is 24.0 Å². The van der Waals surface area contributed by atoms with Gasteiger partial charge in [-0.15, -0.1) is 0 Å². The van der Waals surface area contributed by atoms with Crippen molar-refractivity contribution >= 4 is 5.91 Å². The number of carbonyl (C=O) groups excluding carboxylic acids is 1. The van der Waals surface area contributed by atoms with Gasteiger partial charge in [0.2, 0.25) is 5.91 Å². The maximum atomic E-state index is 12.6. The minimum Gasteiger partial charge on any atom is -0.339 e. The Hall–Kier alpha value is -1.89. The van der Waals surface area contributed by atoms with E-state index in [1.54, 1.807) is 0 Å². The molecule has 5 aliphatic rings. The molecule has 1 aliphatic heterocycles. The number of carbonyl (C=O) groups is 1. The molecule has 4 aliphatic carbocycles. The number of hydrogen-bond acceptors (Lipinski definition) is 4. The summed E-state index contributed by atoms with van der Waals surface area (Å²) in [6.07, 6.45) is 9.83. The van der Waals surface area contributed by atoms with Crippen LogP contribution < -0.4 is 11.2 Å². The molecule has 0 radical (unpaired) electrons. The molecular formula is C20H28N4O3. The maximum Gasteiger partial charge on any atom is 0.328 e. The fourth-order valence-corrected chi connectivity index (χ4v) is 6.70. The molecule has 27 heavy (non-hydrogen) atoms. The summed E-state index contributed by atoms with van der Waals surface area (Å²) in [6, 6.07) is 1.28. The van der Waals surface area contributed by atoms with Crippen LogP contribution in [0.3, 0.4) is 0 Å². The van der Waals surface area contributed by atoms with Gasteiger partial charge in [0.15, 0.2) is 0 Å². The van der Waals surface area contributed by atoms with Crippen LogP contribution >= 0.6 is 0 Å². The number of nitrogens with zero attached hydrogens (tertiary/aromatic N) is 3. The molecule has 1 saturated heterocycles. The average Bonchev–Trinajstić information content (AvgIpc) is 2.63. The van der Waals surface area contributed by atoms with Crippen LogP contribution in [-0.2, 0) is 11.3 Å². The van der Waals surface area contributed by atoms with E-state index in [0.717, 1.165) is 43.9 Å². The Bertz CT molecular complexity index is 814. The number of H-pyrrole nitrogens is 1. The van der Waals surface area contributed by atoms with E-state index in [1.165, 1.54) is 55.4 Å². The Morgan fingerprint density at radius 3 is 2.15 bits per heavy atom. The molecule has 0 unspecified atom stereocenters. The van der Waals surface area contributed by atoms with Crippen LogP contribution in [0.1, 0.15) is 38.5 Å². The Balaban J connectivity index is 1.22. The van der Waals surface area contributed by atoms with Crippen molar-refractivity contribution in [3.63, 3.8) is 0 Å². The normalized spacial score (nSPS) is 35.6. The van der Waals surface area contributed by atoms with E-state index in [9.17, 15) is 14.4 Å². The van der Waals surface area contributed by atoms with Crippen molar-refractivity contribution in [2.24, 2.45) is 17.8 Å². The fourth-order valence-electron chi connectivity index (χ4n) is 6.70. The third-order valence-corrected chi connectivity index (χ3v) is 7.51. The van der Waals surface area contributed by atoms with Crippen molar-refractivity contribution in [2.75, 3.05) is 26.2 Å². The second kappa shape index (κ2) is 6.33. The van der Waals surface area contributed by atoms with Crippen LogP contribution in [0.5, 0.6) is 0 Å². The fraction of sp³-hybridized carbons (Fsp3) is 0.750. The van der Waals surface area contributed by atoms with Gasteiger partial charge in [-0.05, 0) is 56.3 Å². The summed E-state index contributed by atoms with van der Waals surface area (Å²) in [7, 11) is 0. The monoisotopic (exact) mass is 372 g/mol. The molecule has 1 N–H and O–H groups in total. The molecule has 1 aromatic rings. The van der Waals surface area contributed by atoms with E-state index in [1.807, 2.05) is 4.90 Å². The first kappa shape index (κ1) is 17.2. The molecule has 4 saturated carbocycles. The van der Waals surface area contributed by atoms with Crippen LogP contribution in [0.2, 0.25) is 0 Å². The largest absolute Gasteiger partial charge is 0.339 e. The number of nitrogens with one attached hydrogen (secondary N) is 1. The maximum absolute atomic E-state index is 12.6. The predicted molar refractivity (Wildman–Crippen MR) is 100 cm³/mol. The molecule has 6 rings (SSSR count). The molecular weight excluding hydrogens is 344 g/mol. The molecule has 0 aromatic carbocycles. The van der Waals surface area contributed by atoms with E-state index >= 15 is 0 Å². The number of rotatable bonds is 3. The molecule has 5 fully saturated rings. The first-order valence-electron chi connectivity index (χ1n) is 10.3.